The molecule has 0 saturated carbocycles. The van der Waals surface area contributed by atoms with Gasteiger partial charge in [0.2, 0.25) is 5.65 Å². The number of methoxy groups -OCH3 is 1. The molecule has 2 aromatic heterocycles. The highest BCUT2D eigenvalue weighted by Crippen LogP contribution is 2.34. The van der Waals surface area contributed by atoms with Crippen LogP contribution in [0.15, 0.2) is 66.2 Å². The minimum Gasteiger partial charge on any atom is -0.493 e. The van der Waals surface area contributed by atoms with E-state index in [1.54, 1.807) is 28.8 Å². The molecule has 0 radical (unpaired) electrons. The Balaban J connectivity index is 1.32. The molecule has 0 spiro atoms. The van der Waals surface area contributed by atoms with Gasteiger partial charge in [0.1, 0.15) is 5.57 Å². The number of anilines is 1. The fraction of sp³-hybridized carbons (Fsp3) is 0.111. The maximum atomic E-state index is 13.1. The fourth-order valence-electron chi connectivity index (χ4n) is 4.18. The standard InChI is InChI=1S/C27H21N7O4/c1-15-8-10-18(12-16(15)2)33-27(36)19(25(35)30-33)13-17-9-11-22(23(14-17)37-3)38-26-24-29-31-32-34(24)21-7-5-4-6-20(21)28-26/h4-14H,1-3H3,(H,30,35). The Morgan fingerprint density at radius 3 is 2.61 bits per heavy atom. The van der Waals surface area contributed by atoms with Gasteiger partial charge in [0.25, 0.3) is 17.7 Å². The Morgan fingerprint density at radius 1 is 0.947 bits per heavy atom. The zero-order valence-corrected chi connectivity index (χ0v) is 20.7. The molecule has 2 amide bonds. The molecule has 11 nitrogen and oxygen atoms in total. The van der Waals surface area contributed by atoms with Crippen molar-refractivity contribution in [3.05, 3.63) is 82.9 Å². The van der Waals surface area contributed by atoms with Crippen molar-refractivity contribution in [1.82, 2.24) is 30.5 Å². The van der Waals surface area contributed by atoms with Gasteiger partial charge < -0.3 is 9.47 Å². The number of carbonyl (C=O) groups excluding carboxylic acids is 2. The lowest BCUT2D eigenvalue weighted by atomic mass is 10.1. The number of tetrazole rings is 1. The summed E-state index contributed by atoms with van der Waals surface area (Å²) >= 11 is 0. The number of nitrogens with zero attached hydrogens (tertiary/aromatic N) is 6. The number of hydrazine groups is 1. The van der Waals surface area contributed by atoms with Crippen LogP contribution >= 0.6 is 0 Å². The summed E-state index contributed by atoms with van der Waals surface area (Å²) in [6.07, 6.45) is 1.51. The van der Waals surface area contributed by atoms with Crippen LogP contribution in [0.5, 0.6) is 17.4 Å². The summed E-state index contributed by atoms with van der Waals surface area (Å²) < 4.78 is 13.2. The smallest absolute Gasteiger partial charge is 0.282 e. The summed E-state index contributed by atoms with van der Waals surface area (Å²) in [5.74, 6) is -0.000212. The van der Waals surface area contributed by atoms with E-state index in [9.17, 15) is 9.59 Å². The average Bonchev–Trinajstić information content (AvgIpc) is 3.52. The van der Waals surface area contributed by atoms with Crippen molar-refractivity contribution >= 4 is 40.3 Å². The van der Waals surface area contributed by atoms with Crippen molar-refractivity contribution < 1.29 is 19.1 Å². The van der Waals surface area contributed by atoms with E-state index in [-0.39, 0.29) is 11.5 Å². The van der Waals surface area contributed by atoms with Crippen molar-refractivity contribution in [1.29, 1.82) is 0 Å². The van der Waals surface area contributed by atoms with Gasteiger partial charge in [-0.2, -0.15) is 4.52 Å². The molecule has 0 unspecified atom stereocenters. The highest BCUT2D eigenvalue weighted by Gasteiger charge is 2.34. The van der Waals surface area contributed by atoms with Gasteiger partial charge in [-0.15, -0.1) is 5.10 Å². The number of ether oxygens (including phenoxy) is 2. The maximum Gasteiger partial charge on any atom is 0.282 e. The predicted molar refractivity (Wildman–Crippen MR) is 139 cm³/mol. The summed E-state index contributed by atoms with van der Waals surface area (Å²) in [6, 6.07) is 18.0. The number of hydrogen-bond acceptors (Lipinski definition) is 8. The summed E-state index contributed by atoms with van der Waals surface area (Å²) in [4.78, 5) is 30.3. The molecule has 6 rings (SSSR count). The van der Waals surface area contributed by atoms with Crippen molar-refractivity contribution in [2.45, 2.75) is 13.8 Å². The number of aromatic nitrogens is 5. The van der Waals surface area contributed by atoms with Gasteiger partial charge in [-0.3, -0.25) is 15.0 Å². The fourth-order valence-corrected chi connectivity index (χ4v) is 4.18. The van der Waals surface area contributed by atoms with Crippen LogP contribution in [0, 0.1) is 13.8 Å². The molecule has 188 valence electrons. The first-order valence-corrected chi connectivity index (χ1v) is 11.7. The first-order valence-electron chi connectivity index (χ1n) is 11.7. The van der Waals surface area contributed by atoms with E-state index in [1.165, 1.54) is 18.2 Å². The number of fused-ring (bicyclic) bond motifs is 3. The monoisotopic (exact) mass is 507 g/mol. The first kappa shape index (κ1) is 23.1. The Morgan fingerprint density at radius 2 is 1.79 bits per heavy atom. The number of amides is 2. The predicted octanol–water partition coefficient (Wildman–Crippen LogP) is 3.55. The van der Waals surface area contributed by atoms with Crippen molar-refractivity contribution in [2.75, 3.05) is 12.1 Å². The van der Waals surface area contributed by atoms with Gasteiger partial charge in [-0.1, -0.05) is 24.3 Å². The van der Waals surface area contributed by atoms with Crippen LogP contribution in [-0.4, -0.2) is 43.9 Å². The SMILES string of the molecule is COc1cc(C=C2C(=O)NN(c3ccc(C)c(C)c3)C2=O)ccc1Oc1nc2ccccc2n2nnnc12. The summed E-state index contributed by atoms with van der Waals surface area (Å²) in [5, 5.41) is 13.1. The number of nitrogens with one attached hydrogen (secondary N) is 1. The van der Waals surface area contributed by atoms with Gasteiger partial charge in [-0.05, 0) is 83.4 Å². The molecule has 0 bridgehead atoms. The third kappa shape index (κ3) is 3.86. The third-order valence-electron chi connectivity index (χ3n) is 6.34. The van der Waals surface area contributed by atoms with E-state index in [4.69, 9.17) is 9.47 Å². The van der Waals surface area contributed by atoms with E-state index in [2.05, 4.69) is 25.9 Å². The number of aryl methyl sites for hydroxylation is 2. The van der Waals surface area contributed by atoms with Crippen LogP contribution in [-0.2, 0) is 9.59 Å². The Hall–Kier alpha value is -5.32. The number of benzene rings is 3. The zero-order chi connectivity index (χ0) is 26.4. The number of carbonyl (C=O) groups is 2. The van der Waals surface area contributed by atoms with Crippen molar-refractivity contribution in [3.63, 3.8) is 0 Å². The van der Waals surface area contributed by atoms with Gasteiger partial charge in [0.05, 0.1) is 23.8 Å². The van der Waals surface area contributed by atoms with Crippen LogP contribution in [0.4, 0.5) is 5.69 Å². The second-order valence-electron chi connectivity index (χ2n) is 8.74. The number of para-hydroxylation sites is 2. The molecule has 5 aromatic rings. The first-order chi connectivity index (χ1) is 18.4. The van der Waals surface area contributed by atoms with E-state index in [0.717, 1.165) is 16.6 Å². The molecule has 3 aromatic carbocycles. The van der Waals surface area contributed by atoms with Gasteiger partial charge >= 0.3 is 0 Å². The lowest BCUT2D eigenvalue weighted by Crippen LogP contribution is -2.35. The summed E-state index contributed by atoms with van der Waals surface area (Å²) in [5.41, 5.74) is 7.65. The molecule has 1 saturated heterocycles. The zero-order valence-electron chi connectivity index (χ0n) is 20.7. The molecular formula is C27H21N7O4. The lowest BCUT2D eigenvalue weighted by Gasteiger charge is -2.16. The van der Waals surface area contributed by atoms with Crippen LogP contribution in [0.1, 0.15) is 16.7 Å². The van der Waals surface area contributed by atoms with Crippen LogP contribution in [0.3, 0.4) is 0 Å². The average molecular weight is 508 g/mol. The largest absolute Gasteiger partial charge is 0.493 e. The Bertz CT molecular complexity index is 1790. The third-order valence-corrected chi connectivity index (χ3v) is 6.34. The van der Waals surface area contributed by atoms with Crippen LogP contribution < -0.4 is 19.9 Å². The molecule has 0 atom stereocenters. The second kappa shape index (κ2) is 8.96. The molecular weight excluding hydrogens is 486 g/mol. The normalized spacial score (nSPS) is 14.5. The maximum absolute atomic E-state index is 13.1. The van der Waals surface area contributed by atoms with Gasteiger partial charge in [-0.25, -0.2) is 9.99 Å². The Labute approximate surface area is 216 Å². The summed E-state index contributed by atoms with van der Waals surface area (Å²) in [7, 11) is 1.50. The number of rotatable bonds is 5. The molecule has 3 heterocycles. The molecule has 1 aliphatic heterocycles. The minimum atomic E-state index is -0.491. The van der Waals surface area contributed by atoms with Crippen LogP contribution in [0.2, 0.25) is 0 Å². The minimum absolute atomic E-state index is 0.00591. The molecule has 0 aliphatic carbocycles. The van der Waals surface area contributed by atoms with Crippen LogP contribution in [0.25, 0.3) is 22.8 Å². The lowest BCUT2D eigenvalue weighted by molar-refractivity contribution is -0.117. The quantitative estimate of drug-likeness (QED) is 0.283. The molecule has 38 heavy (non-hydrogen) atoms. The van der Waals surface area contributed by atoms with Gasteiger partial charge in [0, 0.05) is 0 Å². The highest BCUT2D eigenvalue weighted by atomic mass is 16.5. The van der Waals surface area contributed by atoms with E-state index < -0.39 is 11.8 Å². The van der Waals surface area contributed by atoms with E-state index in [0.29, 0.717) is 33.9 Å². The Kier molecular flexibility index (Phi) is 5.45. The molecule has 11 heteroatoms. The highest BCUT2D eigenvalue weighted by molar-refractivity contribution is 6.31. The number of hydrogen-bond donors (Lipinski definition) is 1. The molecule has 1 aliphatic rings. The van der Waals surface area contributed by atoms with E-state index >= 15 is 0 Å². The van der Waals surface area contributed by atoms with Crippen molar-refractivity contribution in [3.8, 4) is 17.4 Å². The van der Waals surface area contributed by atoms with E-state index in [1.807, 2.05) is 50.2 Å². The molecule has 1 fully saturated rings. The second-order valence-corrected chi connectivity index (χ2v) is 8.74. The topological polar surface area (TPSA) is 124 Å². The molecule has 1 N–H and O–H groups in total. The van der Waals surface area contributed by atoms with Crippen molar-refractivity contribution in [2.24, 2.45) is 0 Å². The summed E-state index contributed by atoms with van der Waals surface area (Å²) in [6.45, 7) is 3.93. The van der Waals surface area contributed by atoms with Gasteiger partial charge in [0.15, 0.2) is 11.5 Å².